The van der Waals surface area contributed by atoms with Crippen LogP contribution < -0.4 is 5.73 Å². The normalized spacial score (nSPS) is 11.2. The minimum Gasteiger partial charge on any atom is -0.330 e. The quantitative estimate of drug-likeness (QED) is 0.795. The van der Waals surface area contributed by atoms with E-state index in [0.717, 1.165) is 34.8 Å². The molecule has 1 aromatic carbocycles. The van der Waals surface area contributed by atoms with Crippen molar-refractivity contribution in [3.05, 3.63) is 58.9 Å². The maximum atomic E-state index is 5.98. The molecule has 0 aliphatic heterocycles. The topological polar surface area (TPSA) is 43.3 Å². The van der Waals surface area contributed by atoms with Crippen molar-refractivity contribution < 1.29 is 0 Å². The van der Waals surface area contributed by atoms with Crippen LogP contribution in [-0.2, 0) is 6.42 Å². The van der Waals surface area contributed by atoms with Crippen LogP contribution in [0.5, 0.6) is 0 Å². The third-order valence-electron chi connectivity index (χ3n) is 3.67. The van der Waals surface area contributed by atoms with Crippen LogP contribution in [0.3, 0.4) is 0 Å². The van der Waals surface area contributed by atoms with Gasteiger partial charge in [0.1, 0.15) is 5.65 Å². The highest BCUT2D eigenvalue weighted by Gasteiger charge is 2.14. The van der Waals surface area contributed by atoms with Gasteiger partial charge in [-0.3, -0.25) is 0 Å². The summed E-state index contributed by atoms with van der Waals surface area (Å²) in [5, 5.41) is 0.738. The Morgan fingerprint density at radius 3 is 2.62 bits per heavy atom. The summed E-state index contributed by atoms with van der Waals surface area (Å²) in [5.41, 5.74) is 11.2. The second kappa shape index (κ2) is 5.88. The molecule has 0 unspecified atom stereocenters. The van der Waals surface area contributed by atoms with Crippen LogP contribution in [-0.4, -0.2) is 15.9 Å². The Morgan fingerprint density at radius 1 is 1.14 bits per heavy atom. The maximum Gasteiger partial charge on any atom is 0.137 e. The number of benzene rings is 1. The van der Waals surface area contributed by atoms with Gasteiger partial charge in [0.15, 0.2) is 0 Å². The molecule has 0 spiro atoms. The molecule has 0 radical (unpaired) electrons. The number of rotatable bonds is 4. The van der Waals surface area contributed by atoms with Gasteiger partial charge in [-0.1, -0.05) is 29.8 Å². The van der Waals surface area contributed by atoms with Gasteiger partial charge in [0.25, 0.3) is 0 Å². The fraction of sp³-hybridized carbons (Fsp3) is 0.235. The molecule has 108 valence electrons. The monoisotopic (exact) mass is 299 g/mol. The average Bonchev–Trinajstić information content (AvgIpc) is 2.86. The highest BCUT2D eigenvalue weighted by atomic mass is 35.5. The van der Waals surface area contributed by atoms with Gasteiger partial charge in [-0.25, -0.2) is 4.98 Å². The van der Waals surface area contributed by atoms with Crippen LogP contribution in [0.15, 0.2) is 42.5 Å². The molecular weight excluding hydrogens is 282 g/mol. The van der Waals surface area contributed by atoms with Gasteiger partial charge in [0.2, 0.25) is 0 Å². The molecule has 3 rings (SSSR count). The smallest absolute Gasteiger partial charge is 0.137 e. The minimum atomic E-state index is 0.680. The van der Waals surface area contributed by atoms with Gasteiger partial charge in [0.05, 0.1) is 11.4 Å². The first kappa shape index (κ1) is 14.1. The van der Waals surface area contributed by atoms with Gasteiger partial charge < -0.3 is 10.1 Å². The average molecular weight is 300 g/mol. The molecule has 0 fully saturated rings. The summed E-state index contributed by atoms with van der Waals surface area (Å²) in [7, 11) is 0. The molecule has 0 aliphatic carbocycles. The number of imidazole rings is 1. The van der Waals surface area contributed by atoms with Crippen molar-refractivity contribution in [2.24, 2.45) is 5.73 Å². The summed E-state index contributed by atoms with van der Waals surface area (Å²) < 4.78 is 2.22. The molecule has 4 heteroatoms. The van der Waals surface area contributed by atoms with Crippen molar-refractivity contribution in [2.75, 3.05) is 6.54 Å². The third-order valence-corrected chi connectivity index (χ3v) is 3.92. The van der Waals surface area contributed by atoms with E-state index in [-0.39, 0.29) is 0 Å². The Morgan fingerprint density at radius 2 is 1.90 bits per heavy atom. The largest absolute Gasteiger partial charge is 0.330 e. The molecule has 3 aromatic rings. The summed E-state index contributed by atoms with van der Waals surface area (Å²) in [4.78, 5) is 4.81. The number of nitrogens with zero attached hydrogens (tertiary/aromatic N) is 2. The van der Waals surface area contributed by atoms with E-state index in [0.29, 0.717) is 6.54 Å². The molecule has 3 nitrogen and oxygen atoms in total. The Bertz CT molecular complexity index is 760. The summed E-state index contributed by atoms with van der Waals surface area (Å²) in [6.45, 7) is 2.78. The molecule has 0 bridgehead atoms. The number of nitrogens with two attached hydrogens (primary N) is 1. The number of aryl methyl sites for hydroxylation is 2. The van der Waals surface area contributed by atoms with E-state index in [1.807, 2.05) is 36.4 Å². The molecule has 2 N–H and O–H groups in total. The van der Waals surface area contributed by atoms with Gasteiger partial charge >= 0.3 is 0 Å². The van der Waals surface area contributed by atoms with E-state index < -0.39 is 0 Å². The SMILES string of the molecule is Cc1cccc2nc(-c3ccc(Cl)cc3)c(CCCN)n12. The Hall–Kier alpha value is -1.84. The fourth-order valence-corrected chi connectivity index (χ4v) is 2.79. The predicted molar refractivity (Wildman–Crippen MR) is 87.8 cm³/mol. The van der Waals surface area contributed by atoms with Crippen molar-refractivity contribution in [1.82, 2.24) is 9.38 Å². The summed E-state index contributed by atoms with van der Waals surface area (Å²) in [6, 6.07) is 14.0. The van der Waals surface area contributed by atoms with Gasteiger partial charge in [0, 0.05) is 16.3 Å². The first-order valence-corrected chi connectivity index (χ1v) is 7.51. The van der Waals surface area contributed by atoms with E-state index in [1.54, 1.807) is 0 Å². The zero-order valence-corrected chi connectivity index (χ0v) is 12.8. The van der Waals surface area contributed by atoms with Crippen LogP contribution in [0, 0.1) is 6.92 Å². The lowest BCUT2D eigenvalue weighted by atomic mass is 10.1. The standard InChI is InChI=1S/C17H18ClN3/c1-12-4-2-6-16-20-17(13-7-9-14(18)10-8-13)15(21(12)16)5-3-11-19/h2,4,6-10H,3,5,11,19H2,1H3. The Labute approximate surface area is 129 Å². The van der Waals surface area contributed by atoms with Crippen molar-refractivity contribution in [3.8, 4) is 11.3 Å². The van der Waals surface area contributed by atoms with Crippen LogP contribution in [0.4, 0.5) is 0 Å². The van der Waals surface area contributed by atoms with E-state index >= 15 is 0 Å². The lowest BCUT2D eigenvalue weighted by molar-refractivity contribution is 0.798. The summed E-state index contributed by atoms with van der Waals surface area (Å²) in [5.74, 6) is 0. The molecular formula is C17H18ClN3. The molecule has 21 heavy (non-hydrogen) atoms. The van der Waals surface area contributed by atoms with Gasteiger partial charge in [-0.2, -0.15) is 0 Å². The number of fused-ring (bicyclic) bond motifs is 1. The molecule has 0 amide bonds. The van der Waals surface area contributed by atoms with Crippen LogP contribution >= 0.6 is 11.6 Å². The fourth-order valence-electron chi connectivity index (χ4n) is 2.67. The predicted octanol–water partition coefficient (Wildman–Crippen LogP) is 3.85. The van der Waals surface area contributed by atoms with Crippen LogP contribution in [0.1, 0.15) is 17.8 Å². The molecule has 2 aromatic heterocycles. The molecule has 0 saturated carbocycles. The first-order chi connectivity index (χ1) is 10.2. The van der Waals surface area contributed by atoms with Crippen molar-refractivity contribution in [2.45, 2.75) is 19.8 Å². The second-order valence-corrected chi connectivity index (χ2v) is 5.60. The van der Waals surface area contributed by atoms with Crippen LogP contribution in [0.25, 0.3) is 16.9 Å². The number of hydrogen-bond donors (Lipinski definition) is 1. The highest BCUT2D eigenvalue weighted by molar-refractivity contribution is 6.30. The van der Waals surface area contributed by atoms with E-state index in [1.165, 1.54) is 11.4 Å². The summed E-state index contributed by atoms with van der Waals surface area (Å²) in [6.07, 6.45) is 1.86. The van der Waals surface area contributed by atoms with Crippen molar-refractivity contribution in [3.63, 3.8) is 0 Å². The number of aromatic nitrogens is 2. The minimum absolute atomic E-state index is 0.680. The Kier molecular flexibility index (Phi) is 3.95. The van der Waals surface area contributed by atoms with E-state index in [9.17, 15) is 0 Å². The third kappa shape index (κ3) is 2.67. The van der Waals surface area contributed by atoms with Crippen molar-refractivity contribution >= 4 is 17.2 Å². The molecule has 0 atom stereocenters. The van der Waals surface area contributed by atoms with Gasteiger partial charge in [-0.15, -0.1) is 0 Å². The Balaban J connectivity index is 2.21. The maximum absolute atomic E-state index is 5.98. The molecule has 0 saturated heterocycles. The number of halogens is 1. The van der Waals surface area contributed by atoms with Crippen molar-refractivity contribution in [1.29, 1.82) is 0 Å². The van der Waals surface area contributed by atoms with E-state index in [2.05, 4.69) is 17.4 Å². The number of hydrogen-bond acceptors (Lipinski definition) is 2. The van der Waals surface area contributed by atoms with Gasteiger partial charge in [-0.05, 0) is 50.6 Å². The summed E-state index contributed by atoms with van der Waals surface area (Å²) >= 11 is 5.98. The molecule has 2 heterocycles. The van der Waals surface area contributed by atoms with Crippen LogP contribution in [0.2, 0.25) is 5.02 Å². The zero-order chi connectivity index (χ0) is 14.8. The highest BCUT2D eigenvalue weighted by Crippen LogP contribution is 2.27. The lowest BCUT2D eigenvalue weighted by Gasteiger charge is -2.07. The second-order valence-electron chi connectivity index (χ2n) is 5.17. The van der Waals surface area contributed by atoms with E-state index in [4.69, 9.17) is 22.3 Å². The zero-order valence-electron chi connectivity index (χ0n) is 12.0. The lowest BCUT2D eigenvalue weighted by Crippen LogP contribution is -2.04. The molecule has 0 aliphatic rings. The first-order valence-electron chi connectivity index (χ1n) is 7.13. The number of pyridine rings is 1.